The zero-order valence-electron chi connectivity index (χ0n) is 10.4. The van der Waals surface area contributed by atoms with Gasteiger partial charge in [-0.25, -0.2) is 0 Å². The first-order valence-electron chi connectivity index (χ1n) is 5.53. The fraction of sp³-hybridized carbons (Fsp3) is 0.538. The van der Waals surface area contributed by atoms with Crippen LogP contribution in [0.2, 0.25) is 0 Å². The fourth-order valence-corrected chi connectivity index (χ4v) is 2.05. The Labute approximate surface area is 97.6 Å². The lowest BCUT2D eigenvalue weighted by molar-refractivity contribution is 0.279. The second kappa shape index (κ2) is 5.75. The van der Waals surface area contributed by atoms with E-state index in [0.29, 0.717) is 0 Å². The van der Waals surface area contributed by atoms with Crippen LogP contribution in [0.3, 0.4) is 0 Å². The van der Waals surface area contributed by atoms with E-state index in [1.807, 2.05) is 6.92 Å². The van der Waals surface area contributed by atoms with Gasteiger partial charge in [-0.15, -0.1) is 0 Å². The molecule has 0 aliphatic heterocycles. The molecule has 0 aromatic heterocycles. The summed E-state index contributed by atoms with van der Waals surface area (Å²) in [5.74, 6) is 1.75. The molecule has 16 heavy (non-hydrogen) atoms. The number of hydrogen-bond donors (Lipinski definition) is 1. The lowest BCUT2D eigenvalue weighted by Crippen LogP contribution is -2.26. The number of rotatable bonds is 3. The molecule has 2 N–H and O–H groups in total. The van der Waals surface area contributed by atoms with Crippen molar-refractivity contribution >= 4 is 0 Å². The Kier molecular flexibility index (Phi) is 4.62. The van der Waals surface area contributed by atoms with Crippen LogP contribution in [0.4, 0.5) is 0 Å². The molecule has 1 aliphatic carbocycles. The van der Waals surface area contributed by atoms with Crippen molar-refractivity contribution in [2.75, 3.05) is 14.2 Å². The Bertz CT molecular complexity index is 329. The van der Waals surface area contributed by atoms with Crippen molar-refractivity contribution in [3.63, 3.8) is 0 Å². The lowest BCUT2D eigenvalue weighted by Gasteiger charge is -2.26. The third-order valence-electron chi connectivity index (χ3n) is 3.03. The van der Waals surface area contributed by atoms with Gasteiger partial charge < -0.3 is 15.2 Å². The fourth-order valence-electron chi connectivity index (χ4n) is 2.05. The van der Waals surface area contributed by atoms with Crippen molar-refractivity contribution in [3.05, 3.63) is 35.3 Å². The quantitative estimate of drug-likeness (QED) is 0.748. The van der Waals surface area contributed by atoms with Crippen molar-refractivity contribution in [2.24, 2.45) is 5.73 Å². The summed E-state index contributed by atoms with van der Waals surface area (Å²) < 4.78 is 10.6. The monoisotopic (exact) mass is 223 g/mol. The number of hydrogen-bond acceptors (Lipinski definition) is 3. The maximum absolute atomic E-state index is 5.98. The molecule has 3 heteroatoms. The van der Waals surface area contributed by atoms with Crippen molar-refractivity contribution in [1.82, 2.24) is 0 Å². The minimum atomic E-state index is 0.215. The van der Waals surface area contributed by atoms with E-state index in [1.54, 1.807) is 20.3 Å². The number of ether oxygens (including phenoxy) is 2. The highest BCUT2D eigenvalue weighted by atomic mass is 16.5. The Balaban J connectivity index is 3.16. The molecule has 0 radical (unpaired) electrons. The predicted molar refractivity (Wildman–Crippen MR) is 65.8 cm³/mol. The maximum Gasteiger partial charge on any atom is 0.121 e. The summed E-state index contributed by atoms with van der Waals surface area (Å²) in [6.45, 7) is 5.73. The highest BCUT2D eigenvalue weighted by molar-refractivity contribution is 5.40. The van der Waals surface area contributed by atoms with Gasteiger partial charge in [0.15, 0.2) is 0 Å². The van der Waals surface area contributed by atoms with Crippen LogP contribution in [0.1, 0.15) is 26.2 Å². The van der Waals surface area contributed by atoms with E-state index in [9.17, 15) is 0 Å². The van der Waals surface area contributed by atoms with Crippen LogP contribution < -0.4 is 5.73 Å². The molecule has 1 rings (SSSR count). The number of methoxy groups -OCH3 is 2. The molecule has 1 atom stereocenters. The minimum absolute atomic E-state index is 0.215. The highest BCUT2D eigenvalue weighted by Gasteiger charge is 2.23. The molecule has 1 fully saturated rings. The van der Waals surface area contributed by atoms with E-state index in [1.165, 1.54) is 5.57 Å². The van der Waals surface area contributed by atoms with Crippen LogP contribution in [0.5, 0.6) is 0 Å². The van der Waals surface area contributed by atoms with Gasteiger partial charge >= 0.3 is 0 Å². The summed E-state index contributed by atoms with van der Waals surface area (Å²) in [6.07, 6.45) is 4.49. The SMILES string of the molecule is C=C/C(OC)=C1/CCC(N)C/C1=C(/C)OC. The molecular formula is C13H21NO2. The Morgan fingerprint density at radius 3 is 2.56 bits per heavy atom. The van der Waals surface area contributed by atoms with Crippen molar-refractivity contribution in [2.45, 2.75) is 32.2 Å². The van der Waals surface area contributed by atoms with Crippen LogP contribution in [0.25, 0.3) is 0 Å². The number of nitrogens with two attached hydrogens (primary N) is 1. The van der Waals surface area contributed by atoms with E-state index in [-0.39, 0.29) is 6.04 Å². The van der Waals surface area contributed by atoms with Gasteiger partial charge in [0.05, 0.1) is 20.0 Å². The zero-order chi connectivity index (χ0) is 12.1. The molecule has 0 saturated heterocycles. The molecule has 0 bridgehead atoms. The summed E-state index contributed by atoms with van der Waals surface area (Å²) >= 11 is 0. The first-order chi connectivity index (χ1) is 7.63. The molecule has 0 amide bonds. The van der Waals surface area contributed by atoms with Gasteiger partial charge in [-0.3, -0.25) is 0 Å². The third kappa shape index (κ3) is 2.67. The Morgan fingerprint density at radius 1 is 1.38 bits per heavy atom. The topological polar surface area (TPSA) is 44.5 Å². The van der Waals surface area contributed by atoms with Gasteiger partial charge in [0, 0.05) is 11.6 Å². The standard InChI is InChI=1S/C13H21NO2/c1-5-13(16-4)11-7-6-10(14)8-12(11)9(2)15-3/h5,10H,1,6-8,14H2,2-4H3/b12-9+,13-11+. The average Bonchev–Trinajstić information content (AvgIpc) is 2.31. The van der Waals surface area contributed by atoms with E-state index in [2.05, 4.69) is 6.58 Å². The Morgan fingerprint density at radius 2 is 2.06 bits per heavy atom. The van der Waals surface area contributed by atoms with E-state index in [4.69, 9.17) is 15.2 Å². The smallest absolute Gasteiger partial charge is 0.121 e. The third-order valence-corrected chi connectivity index (χ3v) is 3.03. The van der Waals surface area contributed by atoms with Crippen molar-refractivity contribution in [1.29, 1.82) is 0 Å². The van der Waals surface area contributed by atoms with Gasteiger partial charge in [-0.05, 0) is 37.8 Å². The Hall–Kier alpha value is -1.22. The second-order valence-corrected chi connectivity index (χ2v) is 3.99. The van der Waals surface area contributed by atoms with Crippen LogP contribution in [-0.4, -0.2) is 20.3 Å². The molecule has 0 heterocycles. The van der Waals surface area contributed by atoms with Crippen LogP contribution in [-0.2, 0) is 9.47 Å². The maximum atomic E-state index is 5.98. The molecular weight excluding hydrogens is 202 g/mol. The molecule has 3 nitrogen and oxygen atoms in total. The van der Waals surface area contributed by atoms with E-state index >= 15 is 0 Å². The molecule has 1 saturated carbocycles. The first-order valence-corrected chi connectivity index (χ1v) is 5.53. The molecule has 0 aromatic carbocycles. The lowest BCUT2D eigenvalue weighted by atomic mass is 9.85. The predicted octanol–water partition coefficient (Wildman–Crippen LogP) is 2.50. The summed E-state index contributed by atoms with van der Waals surface area (Å²) in [7, 11) is 3.35. The summed E-state index contributed by atoms with van der Waals surface area (Å²) in [5.41, 5.74) is 8.33. The summed E-state index contributed by atoms with van der Waals surface area (Å²) in [6, 6.07) is 0.215. The molecule has 90 valence electrons. The van der Waals surface area contributed by atoms with Crippen LogP contribution in [0.15, 0.2) is 35.3 Å². The summed E-state index contributed by atoms with van der Waals surface area (Å²) in [4.78, 5) is 0. The van der Waals surface area contributed by atoms with E-state index < -0.39 is 0 Å². The van der Waals surface area contributed by atoms with Gasteiger partial charge in [-0.2, -0.15) is 0 Å². The zero-order valence-corrected chi connectivity index (χ0v) is 10.4. The molecule has 1 aliphatic rings. The van der Waals surface area contributed by atoms with E-state index in [0.717, 1.165) is 36.4 Å². The molecule has 0 spiro atoms. The van der Waals surface area contributed by atoms with Gasteiger partial charge in [0.25, 0.3) is 0 Å². The van der Waals surface area contributed by atoms with Crippen molar-refractivity contribution < 1.29 is 9.47 Å². The molecule has 0 aromatic rings. The number of allylic oxidation sites excluding steroid dienone is 3. The van der Waals surface area contributed by atoms with Gasteiger partial charge in [-0.1, -0.05) is 6.58 Å². The van der Waals surface area contributed by atoms with Gasteiger partial charge in [0.2, 0.25) is 0 Å². The highest BCUT2D eigenvalue weighted by Crippen LogP contribution is 2.33. The molecule has 1 unspecified atom stereocenters. The largest absolute Gasteiger partial charge is 0.501 e. The van der Waals surface area contributed by atoms with Gasteiger partial charge in [0.1, 0.15) is 5.76 Å². The first kappa shape index (κ1) is 12.8. The average molecular weight is 223 g/mol. The van der Waals surface area contributed by atoms with Crippen LogP contribution >= 0.6 is 0 Å². The summed E-state index contributed by atoms with van der Waals surface area (Å²) in [5, 5.41) is 0. The minimum Gasteiger partial charge on any atom is -0.501 e. The van der Waals surface area contributed by atoms with Crippen molar-refractivity contribution in [3.8, 4) is 0 Å². The van der Waals surface area contributed by atoms with Crippen LogP contribution in [0, 0.1) is 0 Å². The second-order valence-electron chi connectivity index (χ2n) is 3.99. The normalized spacial score (nSPS) is 27.1.